The Kier molecular flexibility index (Phi) is 7.84. The second-order valence-electron chi connectivity index (χ2n) is 8.52. The van der Waals surface area contributed by atoms with Crippen molar-refractivity contribution in [2.24, 2.45) is 5.73 Å². The summed E-state index contributed by atoms with van der Waals surface area (Å²) in [6, 6.07) is 21.0. The molecule has 0 amide bonds. The third kappa shape index (κ3) is 6.38. The van der Waals surface area contributed by atoms with Crippen molar-refractivity contribution in [1.29, 1.82) is 0 Å². The molecule has 1 aliphatic rings. The van der Waals surface area contributed by atoms with Gasteiger partial charge in [0.15, 0.2) is 5.79 Å². The summed E-state index contributed by atoms with van der Waals surface area (Å²) in [6.45, 7) is 7.15. The predicted molar refractivity (Wildman–Crippen MR) is 119 cm³/mol. The van der Waals surface area contributed by atoms with E-state index in [-0.39, 0.29) is 24.3 Å². The molecule has 1 heterocycles. The minimum Gasteiger partial charge on any atom is -0.343 e. The molecule has 2 aromatic rings. The van der Waals surface area contributed by atoms with Gasteiger partial charge in [-0.1, -0.05) is 74.0 Å². The van der Waals surface area contributed by atoms with Crippen molar-refractivity contribution in [2.45, 2.75) is 76.5 Å². The number of hydrogen-bond acceptors (Lipinski definition) is 4. The lowest BCUT2D eigenvalue weighted by Crippen LogP contribution is -2.52. The monoisotopic (exact) mass is 396 g/mol. The van der Waals surface area contributed by atoms with Crippen LogP contribution in [-0.4, -0.2) is 36.6 Å². The van der Waals surface area contributed by atoms with Gasteiger partial charge >= 0.3 is 0 Å². The molecule has 0 bridgehead atoms. The fourth-order valence-electron chi connectivity index (χ4n) is 4.10. The zero-order valence-corrected chi connectivity index (χ0v) is 18.0. The first-order valence-corrected chi connectivity index (χ1v) is 10.9. The lowest BCUT2D eigenvalue weighted by molar-refractivity contribution is -0.149. The van der Waals surface area contributed by atoms with Gasteiger partial charge in [0.2, 0.25) is 0 Å². The van der Waals surface area contributed by atoms with Gasteiger partial charge in [0.25, 0.3) is 0 Å². The van der Waals surface area contributed by atoms with E-state index in [2.05, 4.69) is 66.8 Å². The topological polar surface area (TPSA) is 56.5 Å². The van der Waals surface area contributed by atoms with Gasteiger partial charge in [-0.05, 0) is 50.8 Å². The molecule has 2 aromatic carbocycles. The Morgan fingerprint density at radius 2 is 1.45 bits per heavy atom. The van der Waals surface area contributed by atoms with E-state index in [1.807, 2.05) is 19.9 Å². The van der Waals surface area contributed by atoms with Crippen LogP contribution < -0.4 is 11.1 Å². The lowest BCUT2D eigenvalue weighted by Gasteiger charge is -2.30. The molecule has 1 fully saturated rings. The van der Waals surface area contributed by atoms with Gasteiger partial charge in [-0.3, -0.25) is 0 Å². The highest BCUT2D eigenvalue weighted by molar-refractivity contribution is 5.19. The van der Waals surface area contributed by atoms with Crippen molar-refractivity contribution in [2.75, 3.05) is 6.54 Å². The number of nitrogens with one attached hydrogen (secondary N) is 1. The average molecular weight is 397 g/mol. The Bertz CT molecular complexity index is 720. The first-order chi connectivity index (χ1) is 14.0. The number of unbranched alkanes of at least 4 members (excludes halogenated alkanes) is 1. The van der Waals surface area contributed by atoms with Crippen LogP contribution in [0.15, 0.2) is 60.7 Å². The van der Waals surface area contributed by atoms with Crippen molar-refractivity contribution >= 4 is 0 Å². The maximum absolute atomic E-state index is 6.68. The number of ether oxygens (including phenoxy) is 2. The van der Waals surface area contributed by atoms with Gasteiger partial charge in [-0.2, -0.15) is 0 Å². The maximum Gasteiger partial charge on any atom is 0.163 e. The SMILES string of the molecule is CCCCN[C@H](Cc1ccccc1)[C@@H]1OC(C)(C)O[C@H]1[C@H](N)Cc1ccccc1. The van der Waals surface area contributed by atoms with Gasteiger partial charge in [-0.25, -0.2) is 0 Å². The molecule has 0 saturated carbocycles. The predicted octanol–water partition coefficient (Wildman–Crippen LogP) is 4.08. The first-order valence-electron chi connectivity index (χ1n) is 10.9. The van der Waals surface area contributed by atoms with Crippen LogP contribution >= 0.6 is 0 Å². The number of rotatable bonds is 10. The molecule has 158 valence electrons. The van der Waals surface area contributed by atoms with E-state index < -0.39 is 5.79 Å². The first kappa shape index (κ1) is 22.0. The minimum absolute atomic E-state index is 0.0965. The molecule has 4 heteroatoms. The van der Waals surface area contributed by atoms with Crippen molar-refractivity contribution in [3.05, 3.63) is 71.8 Å². The average Bonchev–Trinajstić information content (AvgIpc) is 3.04. The number of benzene rings is 2. The van der Waals surface area contributed by atoms with Crippen LogP contribution in [0.1, 0.15) is 44.7 Å². The van der Waals surface area contributed by atoms with Crippen LogP contribution in [0.25, 0.3) is 0 Å². The van der Waals surface area contributed by atoms with E-state index in [1.165, 1.54) is 11.1 Å². The molecule has 29 heavy (non-hydrogen) atoms. The molecule has 1 aliphatic heterocycles. The molecule has 0 aliphatic carbocycles. The summed E-state index contributed by atoms with van der Waals surface area (Å²) in [7, 11) is 0. The maximum atomic E-state index is 6.68. The van der Waals surface area contributed by atoms with Crippen molar-refractivity contribution in [3.8, 4) is 0 Å². The summed E-state index contributed by atoms with van der Waals surface area (Å²) in [5.41, 5.74) is 9.20. The summed E-state index contributed by atoms with van der Waals surface area (Å²) in [6.07, 6.45) is 3.71. The normalized spacial score (nSPS) is 23.0. The molecule has 0 aromatic heterocycles. The van der Waals surface area contributed by atoms with Crippen molar-refractivity contribution in [3.63, 3.8) is 0 Å². The molecule has 3 rings (SSSR count). The Hall–Kier alpha value is -1.72. The molecule has 0 radical (unpaired) electrons. The summed E-state index contributed by atoms with van der Waals surface area (Å²) in [5, 5.41) is 3.74. The van der Waals surface area contributed by atoms with Crippen LogP contribution in [0.3, 0.4) is 0 Å². The molecular weight excluding hydrogens is 360 g/mol. The number of hydrogen-bond donors (Lipinski definition) is 2. The Balaban J connectivity index is 1.78. The molecular formula is C25H36N2O2. The smallest absolute Gasteiger partial charge is 0.163 e. The Morgan fingerprint density at radius 1 is 0.897 bits per heavy atom. The van der Waals surface area contributed by atoms with Gasteiger partial charge in [0, 0.05) is 12.1 Å². The quantitative estimate of drug-likeness (QED) is 0.594. The van der Waals surface area contributed by atoms with Crippen molar-refractivity contribution in [1.82, 2.24) is 5.32 Å². The summed E-state index contributed by atoms with van der Waals surface area (Å²) in [5.74, 6) is -0.634. The van der Waals surface area contributed by atoms with Gasteiger partial charge < -0.3 is 20.5 Å². The van der Waals surface area contributed by atoms with E-state index >= 15 is 0 Å². The molecule has 4 atom stereocenters. The summed E-state index contributed by atoms with van der Waals surface area (Å²) >= 11 is 0. The van der Waals surface area contributed by atoms with Crippen molar-refractivity contribution < 1.29 is 9.47 Å². The third-order valence-electron chi connectivity index (χ3n) is 5.53. The van der Waals surface area contributed by atoms with Gasteiger partial charge in [-0.15, -0.1) is 0 Å². The van der Waals surface area contributed by atoms with Crippen LogP contribution in [0, 0.1) is 0 Å². The molecule has 4 nitrogen and oxygen atoms in total. The fourth-order valence-corrected chi connectivity index (χ4v) is 4.10. The number of nitrogens with two attached hydrogens (primary N) is 1. The van der Waals surface area contributed by atoms with E-state index in [0.717, 1.165) is 32.2 Å². The zero-order valence-electron chi connectivity index (χ0n) is 18.0. The van der Waals surface area contributed by atoms with E-state index in [4.69, 9.17) is 15.2 Å². The lowest BCUT2D eigenvalue weighted by atomic mass is 9.91. The Morgan fingerprint density at radius 3 is 2.03 bits per heavy atom. The summed E-state index contributed by atoms with van der Waals surface area (Å²) in [4.78, 5) is 0. The summed E-state index contributed by atoms with van der Waals surface area (Å²) < 4.78 is 12.8. The van der Waals surface area contributed by atoms with Crippen LogP contribution in [-0.2, 0) is 22.3 Å². The van der Waals surface area contributed by atoms with Gasteiger partial charge in [0.1, 0.15) is 12.2 Å². The second-order valence-corrected chi connectivity index (χ2v) is 8.52. The van der Waals surface area contributed by atoms with Crippen LogP contribution in [0.2, 0.25) is 0 Å². The minimum atomic E-state index is -0.634. The van der Waals surface area contributed by atoms with E-state index in [9.17, 15) is 0 Å². The van der Waals surface area contributed by atoms with E-state index in [0.29, 0.717) is 0 Å². The fraction of sp³-hybridized carbons (Fsp3) is 0.520. The largest absolute Gasteiger partial charge is 0.343 e. The second kappa shape index (κ2) is 10.4. The van der Waals surface area contributed by atoms with Crippen LogP contribution in [0.4, 0.5) is 0 Å². The highest BCUT2D eigenvalue weighted by atomic mass is 16.8. The third-order valence-corrected chi connectivity index (χ3v) is 5.53. The Labute approximate surface area is 175 Å². The standard InChI is InChI=1S/C25H36N2O2/c1-4-5-16-27-22(18-20-14-10-7-11-15-20)24-23(28-25(2,3)29-24)21(26)17-19-12-8-6-9-13-19/h6-15,21-24,27H,4-5,16-18,26H2,1-3H3/t21-,22-,23+,24+/m1/s1. The molecule has 1 saturated heterocycles. The molecule has 0 unspecified atom stereocenters. The highest BCUT2D eigenvalue weighted by Gasteiger charge is 2.47. The van der Waals surface area contributed by atoms with Crippen LogP contribution in [0.5, 0.6) is 0 Å². The zero-order chi connectivity index (χ0) is 20.7. The van der Waals surface area contributed by atoms with Gasteiger partial charge in [0.05, 0.1) is 0 Å². The molecule has 3 N–H and O–H groups in total. The molecule has 0 spiro atoms. The van der Waals surface area contributed by atoms with E-state index in [1.54, 1.807) is 0 Å². The highest BCUT2D eigenvalue weighted by Crippen LogP contribution is 2.33.